The van der Waals surface area contributed by atoms with Crippen molar-refractivity contribution in [2.24, 2.45) is 5.92 Å². The fourth-order valence-electron chi connectivity index (χ4n) is 2.60. The van der Waals surface area contributed by atoms with Crippen molar-refractivity contribution in [3.05, 3.63) is 35.6 Å². The maximum Gasteiger partial charge on any atom is 0.136 e. The van der Waals surface area contributed by atoms with Crippen molar-refractivity contribution in [2.45, 2.75) is 32.2 Å². The molecule has 98 valence electrons. The summed E-state index contributed by atoms with van der Waals surface area (Å²) in [5.41, 5.74) is 0.982. The van der Waals surface area contributed by atoms with Crippen LogP contribution in [0.1, 0.15) is 31.2 Å². The van der Waals surface area contributed by atoms with Crippen LogP contribution in [0.3, 0.4) is 0 Å². The lowest BCUT2D eigenvalue weighted by Crippen LogP contribution is -2.22. The minimum absolute atomic E-state index is 0.188. The predicted molar refractivity (Wildman–Crippen MR) is 69.7 cm³/mol. The SMILES string of the molecule is CN(CCC1CCCC1=O)Cc1cccc(F)c1. The monoisotopic (exact) mass is 249 g/mol. The summed E-state index contributed by atoms with van der Waals surface area (Å²) in [4.78, 5) is 13.7. The van der Waals surface area contributed by atoms with Crippen molar-refractivity contribution in [2.75, 3.05) is 13.6 Å². The number of nitrogens with zero attached hydrogens (tertiary/aromatic N) is 1. The van der Waals surface area contributed by atoms with Crippen LogP contribution in [0.15, 0.2) is 24.3 Å². The zero-order valence-corrected chi connectivity index (χ0v) is 10.9. The number of ketones is 1. The molecular weight excluding hydrogens is 229 g/mol. The molecule has 0 N–H and O–H groups in total. The van der Waals surface area contributed by atoms with Crippen molar-refractivity contribution in [1.29, 1.82) is 0 Å². The lowest BCUT2D eigenvalue weighted by atomic mass is 10.0. The third-order valence-corrected chi connectivity index (χ3v) is 3.63. The zero-order valence-electron chi connectivity index (χ0n) is 10.9. The van der Waals surface area contributed by atoms with Gasteiger partial charge in [0.1, 0.15) is 11.6 Å². The molecule has 3 heteroatoms. The summed E-state index contributed by atoms with van der Waals surface area (Å²) in [6.07, 6.45) is 3.80. The highest BCUT2D eigenvalue weighted by Crippen LogP contribution is 2.24. The fourth-order valence-corrected chi connectivity index (χ4v) is 2.60. The Morgan fingerprint density at radius 1 is 1.44 bits per heavy atom. The van der Waals surface area contributed by atoms with Gasteiger partial charge in [-0.25, -0.2) is 4.39 Å². The Kier molecular flexibility index (Phi) is 4.48. The molecule has 18 heavy (non-hydrogen) atoms. The summed E-state index contributed by atoms with van der Waals surface area (Å²) in [6, 6.07) is 6.69. The van der Waals surface area contributed by atoms with E-state index in [9.17, 15) is 9.18 Å². The highest BCUT2D eigenvalue weighted by Gasteiger charge is 2.23. The Bertz CT molecular complexity index is 419. The van der Waals surface area contributed by atoms with E-state index in [0.29, 0.717) is 5.78 Å². The van der Waals surface area contributed by atoms with Crippen LogP contribution in [0, 0.1) is 11.7 Å². The maximum absolute atomic E-state index is 13.0. The second kappa shape index (κ2) is 6.10. The van der Waals surface area contributed by atoms with E-state index in [0.717, 1.165) is 44.3 Å². The quantitative estimate of drug-likeness (QED) is 0.799. The zero-order chi connectivity index (χ0) is 13.0. The number of carbonyl (C=O) groups excluding carboxylic acids is 1. The largest absolute Gasteiger partial charge is 0.302 e. The topological polar surface area (TPSA) is 20.3 Å². The Morgan fingerprint density at radius 2 is 2.28 bits per heavy atom. The van der Waals surface area contributed by atoms with Gasteiger partial charge in [-0.1, -0.05) is 12.1 Å². The third kappa shape index (κ3) is 3.64. The lowest BCUT2D eigenvalue weighted by Gasteiger charge is -2.18. The van der Waals surface area contributed by atoms with E-state index in [4.69, 9.17) is 0 Å². The Balaban J connectivity index is 1.78. The minimum Gasteiger partial charge on any atom is -0.302 e. The summed E-state index contributed by atoms with van der Waals surface area (Å²) in [7, 11) is 2.02. The molecule has 2 nitrogen and oxygen atoms in total. The molecule has 2 rings (SSSR count). The van der Waals surface area contributed by atoms with Gasteiger partial charge in [-0.15, -0.1) is 0 Å². The number of Topliss-reactive ketones (excluding diaryl/α,β-unsaturated/α-hetero) is 1. The van der Waals surface area contributed by atoms with Gasteiger partial charge in [0.15, 0.2) is 0 Å². The Labute approximate surface area is 108 Å². The van der Waals surface area contributed by atoms with Crippen LogP contribution in [-0.4, -0.2) is 24.3 Å². The molecule has 1 aromatic carbocycles. The van der Waals surface area contributed by atoms with Crippen molar-refractivity contribution in [3.63, 3.8) is 0 Å². The van der Waals surface area contributed by atoms with Gasteiger partial charge < -0.3 is 4.90 Å². The molecule has 0 bridgehead atoms. The lowest BCUT2D eigenvalue weighted by molar-refractivity contribution is -0.120. The first-order chi connectivity index (χ1) is 8.65. The first-order valence-electron chi connectivity index (χ1n) is 6.61. The highest BCUT2D eigenvalue weighted by molar-refractivity contribution is 5.82. The minimum atomic E-state index is -0.188. The number of rotatable bonds is 5. The van der Waals surface area contributed by atoms with E-state index in [-0.39, 0.29) is 11.7 Å². The van der Waals surface area contributed by atoms with E-state index < -0.39 is 0 Å². The number of benzene rings is 1. The van der Waals surface area contributed by atoms with Crippen LogP contribution in [0.4, 0.5) is 4.39 Å². The van der Waals surface area contributed by atoms with Crippen LogP contribution in [0.25, 0.3) is 0 Å². The van der Waals surface area contributed by atoms with Gasteiger partial charge in [-0.05, 0) is 50.6 Å². The molecule has 0 aliphatic heterocycles. The van der Waals surface area contributed by atoms with Crippen LogP contribution in [-0.2, 0) is 11.3 Å². The van der Waals surface area contributed by atoms with Gasteiger partial charge >= 0.3 is 0 Å². The predicted octanol–water partition coefficient (Wildman–Crippen LogP) is 3.02. The maximum atomic E-state index is 13.0. The normalized spacial score (nSPS) is 19.7. The number of hydrogen-bond acceptors (Lipinski definition) is 2. The first-order valence-corrected chi connectivity index (χ1v) is 6.61. The van der Waals surface area contributed by atoms with Gasteiger partial charge in [0.2, 0.25) is 0 Å². The van der Waals surface area contributed by atoms with Crippen LogP contribution < -0.4 is 0 Å². The number of carbonyl (C=O) groups is 1. The van der Waals surface area contributed by atoms with Gasteiger partial charge in [0.25, 0.3) is 0 Å². The van der Waals surface area contributed by atoms with E-state index in [2.05, 4.69) is 4.90 Å². The summed E-state index contributed by atoms with van der Waals surface area (Å²) in [5.74, 6) is 0.501. The van der Waals surface area contributed by atoms with E-state index >= 15 is 0 Å². The van der Waals surface area contributed by atoms with Gasteiger partial charge in [-0.2, -0.15) is 0 Å². The summed E-state index contributed by atoms with van der Waals surface area (Å²) >= 11 is 0. The standard InChI is InChI=1S/C15H20FNO/c1-17(9-8-13-5-3-7-15(13)18)11-12-4-2-6-14(16)10-12/h2,4,6,10,13H,3,5,7-9,11H2,1H3. The van der Waals surface area contributed by atoms with Crippen LogP contribution in [0.5, 0.6) is 0 Å². The molecule has 0 radical (unpaired) electrons. The van der Waals surface area contributed by atoms with Gasteiger partial charge in [-0.3, -0.25) is 4.79 Å². The molecule has 1 aliphatic carbocycles. The molecule has 0 heterocycles. The number of halogens is 1. The fraction of sp³-hybridized carbons (Fsp3) is 0.533. The molecule has 1 aliphatic rings. The molecule has 1 saturated carbocycles. The van der Waals surface area contributed by atoms with E-state index in [1.54, 1.807) is 12.1 Å². The van der Waals surface area contributed by atoms with Crippen LogP contribution in [0.2, 0.25) is 0 Å². The molecule has 1 fully saturated rings. The summed E-state index contributed by atoms with van der Waals surface area (Å²) in [5, 5.41) is 0. The smallest absolute Gasteiger partial charge is 0.136 e. The van der Waals surface area contributed by atoms with Gasteiger partial charge in [0, 0.05) is 18.9 Å². The van der Waals surface area contributed by atoms with Crippen molar-refractivity contribution >= 4 is 5.78 Å². The summed E-state index contributed by atoms with van der Waals surface area (Å²) in [6.45, 7) is 1.63. The van der Waals surface area contributed by atoms with Crippen molar-refractivity contribution in [1.82, 2.24) is 4.90 Å². The molecule has 0 spiro atoms. The van der Waals surface area contributed by atoms with Crippen molar-refractivity contribution in [3.8, 4) is 0 Å². The molecule has 1 unspecified atom stereocenters. The van der Waals surface area contributed by atoms with Gasteiger partial charge in [0.05, 0.1) is 0 Å². The molecule has 1 atom stereocenters. The third-order valence-electron chi connectivity index (χ3n) is 3.63. The molecule has 0 amide bonds. The molecule has 0 aromatic heterocycles. The summed E-state index contributed by atoms with van der Waals surface area (Å²) < 4.78 is 13.0. The Morgan fingerprint density at radius 3 is 2.94 bits per heavy atom. The highest BCUT2D eigenvalue weighted by atomic mass is 19.1. The molecule has 1 aromatic rings. The van der Waals surface area contributed by atoms with Crippen molar-refractivity contribution < 1.29 is 9.18 Å². The average molecular weight is 249 g/mol. The second-order valence-electron chi connectivity index (χ2n) is 5.21. The first kappa shape index (κ1) is 13.2. The van der Waals surface area contributed by atoms with E-state index in [1.807, 2.05) is 13.1 Å². The molecular formula is C15H20FNO. The molecule has 0 saturated heterocycles. The Hall–Kier alpha value is -1.22. The number of hydrogen-bond donors (Lipinski definition) is 0. The van der Waals surface area contributed by atoms with Crippen LogP contribution >= 0.6 is 0 Å². The van der Waals surface area contributed by atoms with E-state index in [1.165, 1.54) is 6.07 Å². The average Bonchev–Trinajstić information content (AvgIpc) is 2.72. The second-order valence-corrected chi connectivity index (χ2v) is 5.21.